The Labute approximate surface area is 122 Å². The van der Waals surface area contributed by atoms with Crippen LogP contribution in [-0.4, -0.2) is 36.7 Å². The summed E-state index contributed by atoms with van der Waals surface area (Å²) in [4.78, 5) is 2.67. The first-order chi connectivity index (χ1) is 9.70. The van der Waals surface area contributed by atoms with Gasteiger partial charge in [0.05, 0.1) is 6.04 Å². The van der Waals surface area contributed by atoms with E-state index in [-0.39, 0.29) is 0 Å². The predicted octanol–water partition coefficient (Wildman–Crippen LogP) is 2.83. The van der Waals surface area contributed by atoms with E-state index in [0.717, 1.165) is 25.4 Å². The van der Waals surface area contributed by atoms with E-state index in [4.69, 9.17) is 4.74 Å². The molecule has 3 atom stereocenters. The number of hydrogen-bond acceptors (Lipinski definition) is 3. The molecule has 1 fully saturated rings. The number of para-hydroxylation sites is 1. The number of rotatable bonds is 3. The molecule has 3 rings (SSSR count). The molecule has 2 aliphatic heterocycles. The first-order valence-corrected chi connectivity index (χ1v) is 7.91. The highest BCUT2D eigenvalue weighted by molar-refractivity contribution is 5.39. The molecular formula is C17H26N2O. The lowest BCUT2D eigenvalue weighted by Gasteiger charge is -2.44. The van der Waals surface area contributed by atoms with Gasteiger partial charge in [0, 0.05) is 30.7 Å². The van der Waals surface area contributed by atoms with E-state index < -0.39 is 0 Å². The zero-order valence-electron chi connectivity index (χ0n) is 12.8. The van der Waals surface area contributed by atoms with Crippen LogP contribution in [0.1, 0.15) is 38.8 Å². The van der Waals surface area contributed by atoms with Gasteiger partial charge in [-0.3, -0.25) is 4.90 Å². The van der Waals surface area contributed by atoms with Crippen LogP contribution in [0.25, 0.3) is 0 Å². The maximum atomic E-state index is 5.89. The SMILES string of the molecule is CCC1CNC(C(C)C)CN1C1COc2ccccc21. The minimum atomic E-state index is 0.430. The fourth-order valence-electron chi connectivity index (χ4n) is 3.47. The van der Waals surface area contributed by atoms with Gasteiger partial charge in [0.25, 0.3) is 0 Å². The highest BCUT2D eigenvalue weighted by Gasteiger charge is 2.37. The normalized spacial score (nSPS) is 30.3. The van der Waals surface area contributed by atoms with Crippen molar-refractivity contribution in [3.63, 3.8) is 0 Å². The average molecular weight is 274 g/mol. The Hall–Kier alpha value is -1.06. The Morgan fingerprint density at radius 1 is 1.35 bits per heavy atom. The van der Waals surface area contributed by atoms with Crippen molar-refractivity contribution in [2.75, 3.05) is 19.7 Å². The van der Waals surface area contributed by atoms with E-state index in [0.29, 0.717) is 24.0 Å². The Morgan fingerprint density at radius 3 is 2.90 bits per heavy atom. The van der Waals surface area contributed by atoms with Crippen LogP contribution in [0.2, 0.25) is 0 Å². The summed E-state index contributed by atoms with van der Waals surface area (Å²) in [5, 5.41) is 3.71. The predicted molar refractivity (Wildman–Crippen MR) is 82.1 cm³/mol. The van der Waals surface area contributed by atoms with Gasteiger partial charge in [-0.1, -0.05) is 39.0 Å². The fourth-order valence-corrected chi connectivity index (χ4v) is 3.47. The van der Waals surface area contributed by atoms with Crippen molar-refractivity contribution in [1.82, 2.24) is 10.2 Å². The van der Waals surface area contributed by atoms with Crippen LogP contribution in [0.4, 0.5) is 0 Å². The van der Waals surface area contributed by atoms with Gasteiger partial charge in [-0.15, -0.1) is 0 Å². The second-order valence-electron chi connectivity index (χ2n) is 6.38. The lowest BCUT2D eigenvalue weighted by Crippen LogP contribution is -2.58. The molecule has 110 valence electrons. The number of nitrogens with one attached hydrogen (secondary N) is 1. The smallest absolute Gasteiger partial charge is 0.124 e. The second kappa shape index (κ2) is 5.74. The summed E-state index contributed by atoms with van der Waals surface area (Å²) in [5.74, 6) is 1.75. The number of hydrogen-bond donors (Lipinski definition) is 1. The topological polar surface area (TPSA) is 24.5 Å². The average Bonchev–Trinajstić information content (AvgIpc) is 2.90. The van der Waals surface area contributed by atoms with Crippen LogP contribution in [0, 0.1) is 5.92 Å². The van der Waals surface area contributed by atoms with E-state index in [9.17, 15) is 0 Å². The molecule has 1 aromatic rings. The lowest BCUT2D eigenvalue weighted by atomic mass is 9.95. The first kappa shape index (κ1) is 13.9. The molecule has 0 radical (unpaired) electrons. The van der Waals surface area contributed by atoms with Gasteiger partial charge in [-0.2, -0.15) is 0 Å². The zero-order valence-corrected chi connectivity index (χ0v) is 12.8. The Morgan fingerprint density at radius 2 is 2.15 bits per heavy atom. The Kier molecular flexibility index (Phi) is 3.99. The Balaban J connectivity index is 1.83. The van der Waals surface area contributed by atoms with Crippen molar-refractivity contribution in [2.45, 2.75) is 45.3 Å². The molecule has 1 saturated heterocycles. The van der Waals surface area contributed by atoms with Crippen molar-refractivity contribution in [3.8, 4) is 5.75 Å². The van der Waals surface area contributed by atoms with Crippen molar-refractivity contribution in [2.24, 2.45) is 5.92 Å². The molecule has 0 spiro atoms. The number of benzene rings is 1. The molecule has 20 heavy (non-hydrogen) atoms. The van der Waals surface area contributed by atoms with Gasteiger partial charge in [0.15, 0.2) is 0 Å². The summed E-state index contributed by atoms with van der Waals surface area (Å²) in [6, 6.07) is 10.1. The number of fused-ring (bicyclic) bond motifs is 1. The lowest BCUT2D eigenvalue weighted by molar-refractivity contribution is 0.0561. The molecule has 0 amide bonds. The van der Waals surface area contributed by atoms with E-state index in [2.05, 4.69) is 55.3 Å². The molecule has 0 aromatic heterocycles. The standard InChI is InChI=1S/C17H26N2O/c1-4-13-9-18-15(12(2)3)10-19(13)16-11-20-17-8-6-5-7-14(16)17/h5-8,12-13,15-16,18H,4,9-11H2,1-3H3. The summed E-state index contributed by atoms with van der Waals surface area (Å²) in [7, 11) is 0. The second-order valence-corrected chi connectivity index (χ2v) is 6.38. The molecular weight excluding hydrogens is 248 g/mol. The van der Waals surface area contributed by atoms with Crippen LogP contribution >= 0.6 is 0 Å². The molecule has 3 unspecified atom stereocenters. The minimum absolute atomic E-state index is 0.430. The van der Waals surface area contributed by atoms with E-state index in [1.165, 1.54) is 12.0 Å². The molecule has 1 N–H and O–H groups in total. The van der Waals surface area contributed by atoms with Gasteiger partial charge in [-0.25, -0.2) is 0 Å². The van der Waals surface area contributed by atoms with E-state index in [1.54, 1.807) is 0 Å². The van der Waals surface area contributed by atoms with Crippen LogP contribution in [0.3, 0.4) is 0 Å². The van der Waals surface area contributed by atoms with Gasteiger partial charge < -0.3 is 10.1 Å². The van der Waals surface area contributed by atoms with Crippen LogP contribution < -0.4 is 10.1 Å². The van der Waals surface area contributed by atoms with Gasteiger partial charge in [-0.05, 0) is 18.4 Å². The first-order valence-electron chi connectivity index (χ1n) is 7.91. The molecule has 3 nitrogen and oxygen atoms in total. The number of ether oxygens (including phenoxy) is 1. The maximum absolute atomic E-state index is 5.89. The summed E-state index contributed by atoms with van der Waals surface area (Å²) in [6.45, 7) is 9.93. The maximum Gasteiger partial charge on any atom is 0.124 e. The molecule has 0 aliphatic carbocycles. The van der Waals surface area contributed by atoms with Crippen molar-refractivity contribution in [3.05, 3.63) is 29.8 Å². The third kappa shape index (κ3) is 2.45. The quantitative estimate of drug-likeness (QED) is 0.917. The third-order valence-corrected chi connectivity index (χ3v) is 4.84. The zero-order chi connectivity index (χ0) is 14.1. The number of piperazine rings is 1. The van der Waals surface area contributed by atoms with Crippen molar-refractivity contribution >= 4 is 0 Å². The van der Waals surface area contributed by atoms with E-state index in [1.807, 2.05) is 0 Å². The highest BCUT2D eigenvalue weighted by Crippen LogP contribution is 2.38. The molecule has 2 heterocycles. The van der Waals surface area contributed by atoms with Crippen LogP contribution in [0.5, 0.6) is 5.75 Å². The summed E-state index contributed by atoms with van der Waals surface area (Å²) >= 11 is 0. The molecule has 3 heteroatoms. The van der Waals surface area contributed by atoms with Crippen LogP contribution in [-0.2, 0) is 0 Å². The fraction of sp³-hybridized carbons (Fsp3) is 0.647. The highest BCUT2D eigenvalue weighted by atomic mass is 16.5. The molecule has 0 bridgehead atoms. The van der Waals surface area contributed by atoms with E-state index >= 15 is 0 Å². The summed E-state index contributed by atoms with van der Waals surface area (Å²) in [5.41, 5.74) is 1.37. The van der Waals surface area contributed by atoms with Gasteiger partial charge in [0.1, 0.15) is 12.4 Å². The third-order valence-electron chi connectivity index (χ3n) is 4.84. The number of nitrogens with zero attached hydrogens (tertiary/aromatic N) is 1. The molecule has 2 aliphatic rings. The van der Waals surface area contributed by atoms with Crippen LogP contribution in [0.15, 0.2) is 24.3 Å². The minimum Gasteiger partial charge on any atom is -0.491 e. The van der Waals surface area contributed by atoms with Crippen molar-refractivity contribution in [1.29, 1.82) is 0 Å². The molecule has 0 saturated carbocycles. The van der Waals surface area contributed by atoms with Gasteiger partial charge in [0.2, 0.25) is 0 Å². The molecule has 1 aromatic carbocycles. The monoisotopic (exact) mass is 274 g/mol. The summed E-state index contributed by atoms with van der Waals surface area (Å²) < 4.78 is 5.89. The van der Waals surface area contributed by atoms with Gasteiger partial charge >= 0.3 is 0 Å². The van der Waals surface area contributed by atoms with Crippen molar-refractivity contribution < 1.29 is 4.74 Å². The summed E-state index contributed by atoms with van der Waals surface area (Å²) in [6.07, 6.45) is 1.19. The Bertz CT molecular complexity index is 460. The largest absolute Gasteiger partial charge is 0.491 e.